The van der Waals surface area contributed by atoms with Crippen LogP contribution in [0.3, 0.4) is 0 Å². The molecule has 0 amide bonds. The van der Waals surface area contributed by atoms with Gasteiger partial charge in [-0.1, -0.05) is 6.92 Å². The molecule has 1 aliphatic rings. The number of anilines is 1. The van der Waals surface area contributed by atoms with Crippen LogP contribution in [0.15, 0.2) is 18.3 Å². The number of rotatable bonds is 3. The SMILES string of the molecule is CCN1c2cc(F)c(/C=C/[N+](=O)[O-])cc2C(C)CC1(C)C. The van der Waals surface area contributed by atoms with Crippen molar-refractivity contribution in [3.05, 3.63) is 45.4 Å². The molecule has 4 nitrogen and oxygen atoms in total. The molecule has 0 spiro atoms. The fourth-order valence-corrected chi connectivity index (χ4v) is 3.39. The first-order valence-electron chi connectivity index (χ1n) is 7.19. The van der Waals surface area contributed by atoms with Gasteiger partial charge >= 0.3 is 0 Å². The summed E-state index contributed by atoms with van der Waals surface area (Å²) in [4.78, 5) is 12.0. The summed E-state index contributed by atoms with van der Waals surface area (Å²) < 4.78 is 14.2. The molecule has 1 heterocycles. The third kappa shape index (κ3) is 2.91. The van der Waals surface area contributed by atoms with Gasteiger partial charge in [-0.3, -0.25) is 10.1 Å². The van der Waals surface area contributed by atoms with Gasteiger partial charge in [0.1, 0.15) is 5.82 Å². The Balaban J connectivity index is 2.54. The number of benzene rings is 1. The maximum Gasteiger partial charge on any atom is 0.235 e. The molecule has 5 heteroatoms. The molecular formula is C16H21FN2O2. The van der Waals surface area contributed by atoms with Crippen molar-refractivity contribution < 1.29 is 9.31 Å². The van der Waals surface area contributed by atoms with E-state index in [0.29, 0.717) is 5.92 Å². The zero-order valence-electron chi connectivity index (χ0n) is 12.9. The van der Waals surface area contributed by atoms with E-state index in [-0.39, 0.29) is 11.1 Å². The number of nitro groups is 1. The second-order valence-corrected chi connectivity index (χ2v) is 6.20. The van der Waals surface area contributed by atoms with Crippen molar-refractivity contribution in [2.24, 2.45) is 0 Å². The Hall–Kier alpha value is -1.91. The van der Waals surface area contributed by atoms with Crippen LogP contribution in [-0.4, -0.2) is 17.0 Å². The number of nitrogens with zero attached hydrogens (tertiary/aromatic N) is 2. The van der Waals surface area contributed by atoms with Crippen LogP contribution < -0.4 is 4.90 Å². The van der Waals surface area contributed by atoms with Gasteiger partial charge in [0, 0.05) is 29.4 Å². The van der Waals surface area contributed by atoms with Crippen molar-refractivity contribution in [3.8, 4) is 0 Å². The van der Waals surface area contributed by atoms with E-state index in [1.807, 2.05) is 0 Å². The van der Waals surface area contributed by atoms with Crippen molar-refractivity contribution >= 4 is 11.8 Å². The van der Waals surface area contributed by atoms with Gasteiger partial charge in [-0.2, -0.15) is 0 Å². The highest BCUT2D eigenvalue weighted by Crippen LogP contribution is 2.44. The molecule has 0 aromatic heterocycles. The molecule has 0 bridgehead atoms. The Morgan fingerprint density at radius 1 is 1.52 bits per heavy atom. The zero-order chi connectivity index (χ0) is 15.8. The quantitative estimate of drug-likeness (QED) is 0.620. The van der Waals surface area contributed by atoms with Gasteiger partial charge in [-0.05, 0) is 50.8 Å². The van der Waals surface area contributed by atoms with Crippen molar-refractivity contribution in [1.29, 1.82) is 0 Å². The minimum atomic E-state index is -0.580. The lowest BCUT2D eigenvalue weighted by molar-refractivity contribution is -0.400. The molecule has 1 aliphatic heterocycles. The van der Waals surface area contributed by atoms with Crippen LogP contribution >= 0.6 is 0 Å². The minimum Gasteiger partial charge on any atom is -0.366 e. The van der Waals surface area contributed by atoms with Crippen LogP contribution in [0.4, 0.5) is 10.1 Å². The third-order valence-corrected chi connectivity index (χ3v) is 4.20. The van der Waals surface area contributed by atoms with Crippen LogP contribution in [0, 0.1) is 15.9 Å². The van der Waals surface area contributed by atoms with E-state index in [4.69, 9.17) is 0 Å². The van der Waals surface area contributed by atoms with E-state index >= 15 is 0 Å². The summed E-state index contributed by atoms with van der Waals surface area (Å²) in [5.41, 5.74) is 2.21. The number of halogens is 1. The summed E-state index contributed by atoms with van der Waals surface area (Å²) in [6.07, 6.45) is 2.97. The minimum absolute atomic E-state index is 0.0220. The molecule has 0 saturated heterocycles. The largest absolute Gasteiger partial charge is 0.366 e. The first-order chi connectivity index (χ1) is 9.76. The predicted octanol–water partition coefficient (Wildman–Crippen LogP) is 4.19. The summed E-state index contributed by atoms with van der Waals surface area (Å²) in [6, 6.07) is 3.25. The lowest BCUT2D eigenvalue weighted by Gasteiger charge is -2.47. The van der Waals surface area contributed by atoms with Gasteiger partial charge in [0.15, 0.2) is 0 Å². The number of fused-ring (bicyclic) bond motifs is 1. The Kier molecular flexibility index (Phi) is 4.03. The second-order valence-electron chi connectivity index (χ2n) is 6.20. The van der Waals surface area contributed by atoms with Crippen molar-refractivity contribution in [1.82, 2.24) is 0 Å². The Labute approximate surface area is 124 Å². The lowest BCUT2D eigenvalue weighted by atomic mass is 9.79. The highest BCUT2D eigenvalue weighted by Gasteiger charge is 2.35. The van der Waals surface area contributed by atoms with Gasteiger partial charge in [0.25, 0.3) is 0 Å². The van der Waals surface area contributed by atoms with Gasteiger partial charge in [0.2, 0.25) is 6.20 Å². The van der Waals surface area contributed by atoms with Crippen LogP contribution in [0.5, 0.6) is 0 Å². The predicted molar refractivity (Wildman–Crippen MR) is 82.6 cm³/mol. The van der Waals surface area contributed by atoms with Crippen molar-refractivity contribution in [3.63, 3.8) is 0 Å². The molecule has 21 heavy (non-hydrogen) atoms. The van der Waals surface area contributed by atoms with Gasteiger partial charge in [0.05, 0.1) is 4.92 Å². The fraction of sp³-hybridized carbons (Fsp3) is 0.500. The number of hydrogen-bond donors (Lipinski definition) is 0. The summed E-state index contributed by atoms with van der Waals surface area (Å²) in [6.45, 7) is 9.30. The summed E-state index contributed by atoms with van der Waals surface area (Å²) in [5.74, 6) is -0.128. The van der Waals surface area contributed by atoms with Crippen LogP contribution in [0.1, 0.15) is 51.2 Å². The molecule has 114 valence electrons. The highest BCUT2D eigenvalue weighted by atomic mass is 19.1. The molecule has 1 unspecified atom stereocenters. The Bertz CT molecular complexity index is 596. The molecule has 1 aromatic rings. The van der Waals surface area contributed by atoms with E-state index in [1.54, 1.807) is 6.07 Å². The van der Waals surface area contributed by atoms with Crippen LogP contribution in [0.2, 0.25) is 0 Å². The molecular weight excluding hydrogens is 271 g/mol. The van der Waals surface area contributed by atoms with Gasteiger partial charge < -0.3 is 4.90 Å². The smallest absolute Gasteiger partial charge is 0.235 e. The first kappa shape index (κ1) is 15.5. The monoisotopic (exact) mass is 292 g/mol. The van der Waals surface area contributed by atoms with E-state index in [2.05, 4.69) is 32.6 Å². The maximum atomic E-state index is 14.2. The Morgan fingerprint density at radius 3 is 2.76 bits per heavy atom. The zero-order valence-corrected chi connectivity index (χ0v) is 12.9. The molecule has 1 aromatic carbocycles. The van der Waals surface area contributed by atoms with E-state index in [9.17, 15) is 14.5 Å². The van der Waals surface area contributed by atoms with E-state index in [0.717, 1.165) is 30.4 Å². The lowest BCUT2D eigenvalue weighted by Crippen LogP contribution is -2.48. The fourth-order valence-electron chi connectivity index (χ4n) is 3.39. The van der Waals surface area contributed by atoms with Gasteiger partial charge in [-0.15, -0.1) is 0 Å². The van der Waals surface area contributed by atoms with E-state index in [1.165, 1.54) is 12.1 Å². The van der Waals surface area contributed by atoms with Crippen LogP contribution in [-0.2, 0) is 0 Å². The average Bonchev–Trinajstić information content (AvgIpc) is 2.36. The van der Waals surface area contributed by atoms with E-state index < -0.39 is 10.7 Å². The number of hydrogen-bond acceptors (Lipinski definition) is 3. The Morgan fingerprint density at radius 2 is 2.19 bits per heavy atom. The summed E-state index contributed by atoms with van der Waals surface area (Å²) in [7, 11) is 0. The van der Waals surface area contributed by atoms with Crippen molar-refractivity contribution in [2.45, 2.75) is 45.6 Å². The molecule has 0 saturated carbocycles. The molecule has 0 aliphatic carbocycles. The maximum absolute atomic E-state index is 14.2. The summed E-state index contributed by atoms with van der Waals surface area (Å²) in [5, 5.41) is 10.4. The highest BCUT2D eigenvalue weighted by molar-refractivity contribution is 5.65. The molecule has 1 atom stereocenters. The second kappa shape index (κ2) is 5.47. The molecule has 2 rings (SSSR count). The van der Waals surface area contributed by atoms with Crippen LogP contribution in [0.25, 0.3) is 6.08 Å². The summed E-state index contributed by atoms with van der Waals surface area (Å²) >= 11 is 0. The molecule has 0 fully saturated rings. The molecule has 0 N–H and O–H groups in total. The normalized spacial score (nSPS) is 20.6. The van der Waals surface area contributed by atoms with Gasteiger partial charge in [-0.25, -0.2) is 4.39 Å². The standard InChI is InChI=1S/C16H21FN2O2/c1-5-18-15-9-14(17)12(6-7-19(20)21)8-13(15)11(2)10-16(18,3)4/h6-9,11H,5,10H2,1-4H3/b7-6+. The molecule has 0 radical (unpaired) electrons. The topological polar surface area (TPSA) is 46.4 Å². The first-order valence-corrected chi connectivity index (χ1v) is 7.19. The average molecular weight is 292 g/mol. The third-order valence-electron chi connectivity index (χ3n) is 4.20. The van der Waals surface area contributed by atoms with Crippen molar-refractivity contribution in [2.75, 3.05) is 11.4 Å².